The Balaban J connectivity index is 1.46. The monoisotopic (exact) mass is 467 g/mol. The molecule has 3 heterocycles. The van der Waals surface area contributed by atoms with E-state index in [2.05, 4.69) is 12.2 Å². The van der Waals surface area contributed by atoms with E-state index in [9.17, 15) is 14.4 Å². The summed E-state index contributed by atoms with van der Waals surface area (Å²) in [4.78, 5) is 43.9. The van der Waals surface area contributed by atoms with Crippen molar-refractivity contribution in [1.29, 1.82) is 0 Å². The third kappa shape index (κ3) is 5.46. The number of amides is 3. The number of thiophene rings is 1. The number of aryl methyl sites for hydroxylation is 1. The second-order valence-electron chi connectivity index (χ2n) is 9.30. The van der Waals surface area contributed by atoms with Crippen molar-refractivity contribution in [1.82, 2.24) is 15.1 Å². The fourth-order valence-electron chi connectivity index (χ4n) is 4.92. The van der Waals surface area contributed by atoms with Gasteiger partial charge in [0.25, 0.3) is 11.8 Å². The molecule has 0 aliphatic carbocycles. The lowest BCUT2D eigenvalue weighted by Crippen LogP contribution is -2.57. The molecule has 1 N–H and O–H groups in total. The molecule has 2 fully saturated rings. The summed E-state index contributed by atoms with van der Waals surface area (Å²) in [6, 6.07) is 10.9. The van der Waals surface area contributed by atoms with Gasteiger partial charge in [-0.2, -0.15) is 0 Å². The van der Waals surface area contributed by atoms with Gasteiger partial charge < -0.3 is 15.1 Å². The second kappa shape index (κ2) is 10.5. The molecule has 2 aliphatic heterocycles. The summed E-state index contributed by atoms with van der Waals surface area (Å²) in [5.41, 5.74) is 1.82. The predicted molar refractivity (Wildman–Crippen MR) is 130 cm³/mol. The summed E-state index contributed by atoms with van der Waals surface area (Å²) in [6.45, 7) is 6.02. The number of hydrogen-bond donors (Lipinski definition) is 1. The lowest BCUT2D eigenvalue weighted by Gasteiger charge is -2.40. The highest BCUT2D eigenvalue weighted by molar-refractivity contribution is 7.12. The molecule has 2 saturated heterocycles. The minimum atomic E-state index is -0.559. The molecule has 1 aromatic heterocycles. The van der Waals surface area contributed by atoms with Gasteiger partial charge in [0, 0.05) is 31.2 Å². The Hall–Kier alpha value is -2.67. The first kappa shape index (κ1) is 23.5. The minimum Gasteiger partial charge on any atom is -0.339 e. The van der Waals surface area contributed by atoms with Crippen LogP contribution in [0, 0.1) is 12.8 Å². The summed E-state index contributed by atoms with van der Waals surface area (Å²) in [5, 5.41) is 4.93. The van der Waals surface area contributed by atoms with Crippen LogP contribution in [0.2, 0.25) is 0 Å². The predicted octanol–water partition coefficient (Wildman–Crippen LogP) is 4.11. The van der Waals surface area contributed by atoms with Gasteiger partial charge in [0.15, 0.2) is 0 Å². The van der Waals surface area contributed by atoms with Crippen molar-refractivity contribution < 1.29 is 14.4 Å². The van der Waals surface area contributed by atoms with Gasteiger partial charge in [-0.1, -0.05) is 23.8 Å². The largest absolute Gasteiger partial charge is 0.339 e. The molecular formula is C26H33N3O3S. The van der Waals surface area contributed by atoms with E-state index in [1.807, 2.05) is 52.4 Å². The number of carbonyl (C=O) groups excluding carboxylic acids is 3. The quantitative estimate of drug-likeness (QED) is 0.720. The Kier molecular flexibility index (Phi) is 7.48. The van der Waals surface area contributed by atoms with Crippen LogP contribution in [0.4, 0.5) is 0 Å². The van der Waals surface area contributed by atoms with Gasteiger partial charge in [-0.25, -0.2) is 0 Å². The fraction of sp³-hybridized carbons (Fsp3) is 0.500. The number of rotatable bonds is 5. The number of carbonyl (C=O) groups is 3. The van der Waals surface area contributed by atoms with Gasteiger partial charge in [0.1, 0.15) is 6.04 Å². The van der Waals surface area contributed by atoms with Crippen LogP contribution in [0.15, 0.2) is 41.8 Å². The second-order valence-corrected chi connectivity index (χ2v) is 10.2. The van der Waals surface area contributed by atoms with Crippen molar-refractivity contribution in [2.75, 3.05) is 19.6 Å². The van der Waals surface area contributed by atoms with Crippen LogP contribution >= 0.6 is 11.3 Å². The zero-order chi connectivity index (χ0) is 23.4. The average molecular weight is 468 g/mol. The van der Waals surface area contributed by atoms with E-state index < -0.39 is 6.04 Å². The number of benzene rings is 1. The Morgan fingerprint density at radius 1 is 1.00 bits per heavy atom. The molecule has 0 bridgehead atoms. The highest BCUT2D eigenvalue weighted by Crippen LogP contribution is 2.26. The van der Waals surface area contributed by atoms with E-state index in [1.54, 1.807) is 6.07 Å². The van der Waals surface area contributed by atoms with Crippen molar-refractivity contribution in [3.63, 3.8) is 0 Å². The average Bonchev–Trinajstić information content (AvgIpc) is 3.38. The summed E-state index contributed by atoms with van der Waals surface area (Å²) in [6.07, 6.45) is 4.53. The molecule has 2 aromatic rings. The van der Waals surface area contributed by atoms with E-state index >= 15 is 0 Å². The maximum Gasteiger partial charge on any atom is 0.262 e. The molecule has 7 heteroatoms. The van der Waals surface area contributed by atoms with Crippen LogP contribution in [0.3, 0.4) is 0 Å². The maximum absolute atomic E-state index is 13.6. The Bertz CT molecular complexity index is 965. The maximum atomic E-state index is 13.6. The summed E-state index contributed by atoms with van der Waals surface area (Å²) < 4.78 is 0. The van der Waals surface area contributed by atoms with Gasteiger partial charge in [-0.15, -0.1) is 11.3 Å². The van der Waals surface area contributed by atoms with Crippen LogP contribution in [-0.4, -0.2) is 59.2 Å². The first-order valence-corrected chi connectivity index (χ1v) is 12.8. The van der Waals surface area contributed by atoms with E-state index in [-0.39, 0.29) is 29.7 Å². The smallest absolute Gasteiger partial charge is 0.262 e. The first-order valence-electron chi connectivity index (χ1n) is 11.9. The van der Waals surface area contributed by atoms with Crippen molar-refractivity contribution in [2.45, 2.75) is 58.0 Å². The zero-order valence-electron chi connectivity index (χ0n) is 19.5. The van der Waals surface area contributed by atoms with E-state index in [1.165, 1.54) is 11.3 Å². The Labute approximate surface area is 200 Å². The van der Waals surface area contributed by atoms with Crippen LogP contribution in [0.5, 0.6) is 0 Å². The fourth-order valence-corrected chi connectivity index (χ4v) is 5.55. The highest BCUT2D eigenvalue weighted by Gasteiger charge is 2.38. The van der Waals surface area contributed by atoms with Crippen LogP contribution in [0.1, 0.15) is 64.6 Å². The SMILES string of the molecule is Cc1ccc(C(=O)N2CCC([C@@H](NC(=O)c3cccs3)C(=O)N3CCCC[C@H]3C)CC2)cc1. The first-order chi connectivity index (χ1) is 15.9. The molecule has 2 atom stereocenters. The van der Waals surface area contributed by atoms with Gasteiger partial charge in [-0.05, 0) is 75.4 Å². The molecule has 4 rings (SSSR count). The lowest BCUT2D eigenvalue weighted by molar-refractivity contribution is -0.138. The van der Waals surface area contributed by atoms with Crippen LogP contribution in [0.25, 0.3) is 0 Å². The molecule has 6 nitrogen and oxygen atoms in total. The van der Waals surface area contributed by atoms with Gasteiger partial charge in [-0.3, -0.25) is 14.4 Å². The van der Waals surface area contributed by atoms with Crippen LogP contribution in [-0.2, 0) is 4.79 Å². The molecule has 0 spiro atoms. The van der Waals surface area contributed by atoms with Gasteiger partial charge >= 0.3 is 0 Å². The Morgan fingerprint density at radius 3 is 2.36 bits per heavy atom. The minimum absolute atomic E-state index is 0.0117. The number of piperidine rings is 2. The molecule has 2 aliphatic rings. The standard InChI is InChI=1S/C26H33N3O3S/c1-18-8-10-21(11-9-18)25(31)28-15-12-20(13-16-28)23(27-24(30)22-7-5-17-33-22)26(32)29-14-4-3-6-19(29)2/h5,7-11,17,19-20,23H,3-4,6,12-16H2,1-2H3,(H,27,30)/t19-,23-/m1/s1. The van der Waals surface area contributed by atoms with Crippen molar-refractivity contribution in [2.24, 2.45) is 5.92 Å². The number of likely N-dealkylation sites (tertiary alicyclic amines) is 2. The molecule has 176 valence electrons. The van der Waals surface area contributed by atoms with E-state index in [4.69, 9.17) is 0 Å². The summed E-state index contributed by atoms with van der Waals surface area (Å²) in [7, 11) is 0. The number of nitrogens with zero attached hydrogens (tertiary/aromatic N) is 2. The number of nitrogens with one attached hydrogen (secondary N) is 1. The summed E-state index contributed by atoms with van der Waals surface area (Å²) >= 11 is 1.38. The molecule has 0 radical (unpaired) electrons. The molecule has 33 heavy (non-hydrogen) atoms. The highest BCUT2D eigenvalue weighted by atomic mass is 32.1. The molecule has 1 aromatic carbocycles. The topological polar surface area (TPSA) is 69.7 Å². The lowest BCUT2D eigenvalue weighted by atomic mass is 9.87. The summed E-state index contributed by atoms with van der Waals surface area (Å²) in [5.74, 6) is -0.122. The molecule has 0 unspecified atom stereocenters. The van der Waals surface area contributed by atoms with Crippen molar-refractivity contribution in [3.05, 3.63) is 57.8 Å². The molecule has 0 saturated carbocycles. The van der Waals surface area contributed by atoms with E-state index in [0.29, 0.717) is 36.4 Å². The van der Waals surface area contributed by atoms with Crippen LogP contribution < -0.4 is 5.32 Å². The third-order valence-corrected chi connectivity index (χ3v) is 7.85. The van der Waals surface area contributed by atoms with E-state index in [0.717, 1.165) is 31.4 Å². The van der Waals surface area contributed by atoms with Gasteiger partial charge in [0.05, 0.1) is 4.88 Å². The number of hydrogen-bond acceptors (Lipinski definition) is 4. The molecular weight excluding hydrogens is 434 g/mol. The third-order valence-electron chi connectivity index (χ3n) is 6.98. The Morgan fingerprint density at radius 2 is 1.73 bits per heavy atom. The normalized spacial score (nSPS) is 20.4. The van der Waals surface area contributed by atoms with Gasteiger partial charge in [0.2, 0.25) is 5.91 Å². The van der Waals surface area contributed by atoms with Crippen molar-refractivity contribution in [3.8, 4) is 0 Å². The molecule has 3 amide bonds. The zero-order valence-corrected chi connectivity index (χ0v) is 20.3. The van der Waals surface area contributed by atoms with Crippen molar-refractivity contribution >= 4 is 29.1 Å².